The number of nitrogens with one attached hydrogen (secondary N) is 1. The minimum absolute atomic E-state index is 0.282. The minimum Gasteiger partial charge on any atom is -0.480 e. The monoisotopic (exact) mass is 369 g/mol. The van der Waals surface area contributed by atoms with Gasteiger partial charge in [0.25, 0.3) is 0 Å². The lowest BCUT2D eigenvalue weighted by atomic mass is 10.0. The number of carbonyl (C=O) groups excluding carboxylic acids is 1. The van der Waals surface area contributed by atoms with E-state index >= 15 is 0 Å². The summed E-state index contributed by atoms with van der Waals surface area (Å²) < 4.78 is 5.51. The predicted octanol–water partition coefficient (Wildman–Crippen LogP) is 3.22. The van der Waals surface area contributed by atoms with Gasteiger partial charge >= 0.3 is 11.9 Å². The smallest absolute Gasteiger partial charge is 0.324 e. The molecule has 0 fully saturated rings. The highest BCUT2D eigenvalue weighted by Gasteiger charge is 2.30. The normalized spacial score (nSPS) is 13.6. The zero-order chi connectivity index (χ0) is 19.9. The Kier molecular flexibility index (Phi) is 7.13. The summed E-state index contributed by atoms with van der Waals surface area (Å²) in [5, 5.41) is 12.6. The Bertz CT molecular complexity index is 738. The molecular weight excluding hydrogens is 342 g/mol. The van der Waals surface area contributed by atoms with E-state index in [1.807, 2.05) is 60.7 Å². The second kappa shape index (κ2) is 9.33. The van der Waals surface area contributed by atoms with Gasteiger partial charge in [0.2, 0.25) is 0 Å². The van der Waals surface area contributed by atoms with Crippen LogP contribution in [-0.2, 0) is 27.2 Å². The molecule has 0 amide bonds. The van der Waals surface area contributed by atoms with Gasteiger partial charge in [-0.3, -0.25) is 14.9 Å². The lowest BCUT2D eigenvalue weighted by molar-refractivity contribution is -0.158. The first-order valence-corrected chi connectivity index (χ1v) is 9.04. The van der Waals surface area contributed by atoms with Crippen molar-refractivity contribution in [3.8, 4) is 0 Å². The van der Waals surface area contributed by atoms with Crippen LogP contribution in [0.3, 0.4) is 0 Å². The molecule has 2 aromatic carbocycles. The first-order valence-electron chi connectivity index (χ1n) is 9.04. The second-order valence-electron chi connectivity index (χ2n) is 7.52. The van der Waals surface area contributed by atoms with Gasteiger partial charge in [0.05, 0.1) is 0 Å². The number of rotatable bonds is 8. The average molecular weight is 369 g/mol. The van der Waals surface area contributed by atoms with E-state index in [0.717, 1.165) is 11.1 Å². The number of benzene rings is 2. The van der Waals surface area contributed by atoms with Crippen molar-refractivity contribution in [3.05, 3.63) is 71.8 Å². The molecule has 0 aliphatic heterocycles. The van der Waals surface area contributed by atoms with Gasteiger partial charge in [0.15, 0.2) is 0 Å². The molecular formula is C22H27NO4. The number of aliphatic carboxylic acids is 1. The van der Waals surface area contributed by atoms with Crippen molar-refractivity contribution in [1.29, 1.82) is 0 Å². The maximum Gasteiger partial charge on any atom is 0.324 e. The topological polar surface area (TPSA) is 75.6 Å². The number of hydrogen-bond acceptors (Lipinski definition) is 4. The maximum atomic E-state index is 12.7. The third-order valence-corrected chi connectivity index (χ3v) is 3.96. The average Bonchev–Trinajstić information content (AvgIpc) is 2.60. The number of carboxylic acids is 1. The van der Waals surface area contributed by atoms with E-state index < -0.39 is 29.6 Å². The summed E-state index contributed by atoms with van der Waals surface area (Å²) in [5.41, 5.74) is 1.18. The van der Waals surface area contributed by atoms with Crippen molar-refractivity contribution in [3.63, 3.8) is 0 Å². The second-order valence-corrected chi connectivity index (χ2v) is 7.52. The fourth-order valence-corrected chi connectivity index (χ4v) is 2.74. The zero-order valence-corrected chi connectivity index (χ0v) is 16.0. The van der Waals surface area contributed by atoms with Crippen LogP contribution >= 0.6 is 0 Å². The Morgan fingerprint density at radius 1 is 0.889 bits per heavy atom. The van der Waals surface area contributed by atoms with Gasteiger partial charge in [0, 0.05) is 0 Å². The third kappa shape index (κ3) is 7.23. The first-order chi connectivity index (χ1) is 12.7. The van der Waals surface area contributed by atoms with Crippen molar-refractivity contribution in [1.82, 2.24) is 5.32 Å². The summed E-state index contributed by atoms with van der Waals surface area (Å²) in [4.78, 5) is 24.5. The van der Waals surface area contributed by atoms with Crippen molar-refractivity contribution in [2.75, 3.05) is 0 Å². The molecule has 0 aliphatic rings. The summed E-state index contributed by atoms with van der Waals surface area (Å²) >= 11 is 0. The number of carbonyl (C=O) groups is 2. The molecule has 5 heteroatoms. The number of hydrogen-bond donors (Lipinski definition) is 2. The Balaban J connectivity index is 2.19. The van der Waals surface area contributed by atoms with Crippen LogP contribution in [0.1, 0.15) is 31.9 Å². The van der Waals surface area contributed by atoms with Crippen LogP contribution in [-0.4, -0.2) is 34.7 Å². The third-order valence-electron chi connectivity index (χ3n) is 3.96. The molecule has 2 atom stereocenters. The molecule has 0 radical (unpaired) electrons. The highest BCUT2D eigenvalue weighted by atomic mass is 16.6. The molecule has 0 aliphatic carbocycles. The first kappa shape index (κ1) is 20.6. The molecule has 1 unspecified atom stereocenters. The minimum atomic E-state index is -1.000. The van der Waals surface area contributed by atoms with Gasteiger partial charge in [-0.05, 0) is 44.7 Å². The Hall–Kier alpha value is -2.66. The van der Waals surface area contributed by atoms with Crippen LogP contribution in [0.15, 0.2) is 60.7 Å². The lowest BCUT2D eigenvalue weighted by Gasteiger charge is -2.27. The van der Waals surface area contributed by atoms with E-state index in [-0.39, 0.29) is 6.42 Å². The summed E-state index contributed by atoms with van der Waals surface area (Å²) in [6, 6.07) is 17.2. The number of ether oxygens (including phenoxy) is 1. The molecule has 27 heavy (non-hydrogen) atoms. The van der Waals surface area contributed by atoms with E-state index in [4.69, 9.17) is 4.74 Å². The molecule has 0 heterocycles. The molecule has 2 aromatic rings. The molecule has 144 valence electrons. The van der Waals surface area contributed by atoms with Gasteiger partial charge in [-0.15, -0.1) is 0 Å². The molecule has 0 saturated carbocycles. The van der Waals surface area contributed by atoms with Crippen LogP contribution in [0.4, 0.5) is 0 Å². The summed E-state index contributed by atoms with van der Waals surface area (Å²) in [5.74, 6) is -1.45. The van der Waals surface area contributed by atoms with Gasteiger partial charge in [-0.25, -0.2) is 0 Å². The van der Waals surface area contributed by atoms with Crippen LogP contribution in [0.25, 0.3) is 0 Å². The molecule has 2 N–H and O–H groups in total. The fourth-order valence-electron chi connectivity index (χ4n) is 2.74. The van der Waals surface area contributed by atoms with E-state index in [1.54, 1.807) is 20.8 Å². The Labute approximate surface area is 160 Å². The fraction of sp³-hybridized carbons (Fsp3) is 0.364. The van der Waals surface area contributed by atoms with Gasteiger partial charge < -0.3 is 9.84 Å². The molecule has 0 spiro atoms. The highest BCUT2D eigenvalue weighted by molar-refractivity contribution is 5.79. The SMILES string of the molecule is CC(C)(C)OC(=O)[C@H](Cc1ccccc1)NC(Cc1ccccc1)C(=O)O. The predicted molar refractivity (Wildman–Crippen MR) is 104 cm³/mol. The Morgan fingerprint density at radius 2 is 1.33 bits per heavy atom. The van der Waals surface area contributed by atoms with Gasteiger partial charge in [0.1, 0.15) is 17.7 Å². The molecule has 0 aromatic heterocycles. The number of carboxylic acid groups (broad SMARTS) is 1. The van der Waals surface area contributed by atoms with Crippen molar-refractivity contribution in [2.45, 2.75) is 51.3 Å². The van der Waals surface area contributed by atoms with E-state index in [9.17, 15) is 14.7 Å². The standard InChI is InChI=1S/C22H27NO4/c1-22(2,3)27-21(26)19(15-17-12-8-5-9-13-17)23-18(20(24)25)14-16-10-6-4-7-11-16/h4-13,18-19,23H,14-15H2,1-3H3,(H,24,25)/t18?,19-/m0/s1. The van der Waals surface area contributed by atoms with Crippen molar-refractivity contribution < 1.29 is 19.4 Å². The maximum absolute atomic E-state index is 12.7. The quantitative estimate of drug-likeness (QED) is 0.699. The molecule has 2 rings (SSSR count). The van der Waals surface area contributed by atoms with Crippen LogP contribution in [0.5, 0.6) is 0 Å². The Morgan fingerprint density at radius 3 is 1.74 bits per heavy atom. The van der Waals surface area contributed by atoms with Gasteiger partial charge in [-0.1, -0.05) is 60.7 Å². The summed E-state index contributed by atoms with van der Waals surface area (Å²) in [6.07, 6.45) is 0.637. The highest BCUT2D eigenvalue weighted by Crippen LogP contribution is 2.13. The van der Waals surface area contributed by atoms with Crippen LogP contribution in [0, 0.1) is 0 Å². The van der Waals surface area contributed by atoms with Crippen molar-refractivity contribution in [2.24, 2.45) is 0 Å². The van der Waals surface area contributed by atoms with Crippen LogP contribution in [0.2, 0.25) is 0 Å². The van der Waals surface area contributed by atoms with E-state index in [1.165, 1.54) is 0 Å². The zero-order valence-electron chi connectivity index (χ0n) is 16.0. The molecule has 5 nitrogen and oxygen atoms in total. The summed E-state index contributed by atoms with van der Waals surface area (Å²) in [7, 11) is 0. The van der Waals surface area contributed by atoms with Crippen LogP contribution < -0.4 is 5.32 Å². The van der Waals surface area contributed by atoms with Gasteiger partial charge in [-0.2, -0.15) is 0 Å². The largest absolute Gasteiger partial charge is 0.480 e. The van der Waals surface area contributed by atoms with Crippen molar-refractivity contribution >= 4 is 11.9 Å². The van der Waals surface area contributed by atoms with E-state index in [0.29, 0.717) is 6.42 Å². The molecule has 0 bridgehead atoms. The van der Waals surface area contributed by atoms with E-state index in [2.05, 4.69) is 5.32 Å². The molecule has 0 saturated heterocycles. The lowest BCUT2D eigenvalue weighted by Crippen LogP contribution is -2.51. The summed E-state index contributed by atoms with van der Waals surface area (Å²) in [6.45, 7) is 5.38. The number of esters is 1.